The molecule has 1 N–H and O–H groups in total. The Hall–Kier alpha value is -1.35. The molecule has 1 aliphatic rings. The molecular formula is C16H23N3. The molecule has 102 valence electrons. The molecular weight excluding hydrogens is 234 g/mol. The number of nitrogens with zero attached hydrogens (tertiary/aromatic N) is 2. The molecule has 0 bridgehead atoms. The molecule has 1 fully saturated rings. The van der Waals surface area contributed by atoms with E-state index in [0.717, 1.165) is 24.4 Å². The highest BCUT2D eigenvalue weighted by Crippen LogP contribution is 2.48. The lowest BCUT2D eigenvalue weighted by atomic mass is 10.0. The first-order valence-electron chi connectivity index (χ1n) is 7.37. The van der Waals surface area contributed by atoms with Crippen LogP contribution in [0.5, 0.6) is 0 Å². The number of rotatable bonds is 6. The van der Waals surface area contributed by atoms with Gasteiger partial charge in [0.15, 0.2) is 0 Å². The fourth-order valence-corrected chi connectivity index (χ4v) is 3.05. The van der Waals surface area contributed by atoms with Crippen LogP contribution in [-0.2, 0) is 6.54 Å². The van der Waals surface area contributed by atoms with Gasteiger partial charge in [0.1, 0.15) is 5.65 Å². The number of aromatic nitrogens is 2. The summed E-state index contributed by atoms with van der Waals surface area (Å²) in [6, 6.07) is 6.17. The molecule has 0 saturated heterocycles. The van der Waals surface area contributed by atoms with Gasteiger partial charge in [-0.1, -0.05) is 19.4 Å². The van der Waals surface area contributed by atoms with E-state index in [1.54, 1.807) is 0 Å². The molecule has 0 atom stereocenters. The number of fused-ring (bicyclic) bond motifs is 1. The lowest BCUT2D eigenvalue weighted by Gasteiger charge is -2.15. The normalized spacial score (nSPS) is 16.9. The van der Waals surface area contributed by atoms with Crippen LogP contribution < -0.4 is 5.32 Å². The summed E-state index contributed by atoms with van der Waals surface area (Å²) in [5.74, 6) is 0. The van der Waals surface area contributed by atoms with Gasteiger partial charge in [0, 0.05) is 19.3 Å². The molecule has 0 amide bonds. The second-order valence-corrected chi connectivity index (χ2v) is 5.93. The van der Waals surface area contributed by atoms with Gasteiger partial charge in [-0.15, -0.1) is 0 Å². The number of hydrogen-bond donors (Lipinski definition) is 1. The molecule has 19 heavy (non-hydrogen) atoms. The van der Waals surface area contributed by atoms with Gasteiger partial charge in [-0.25, -0.2) is 4.98 Å². The van der Waals surface area contributed by atoms with Crippen LogP contribution in [0.4, 0.5) is 0 Å². The van der Waals surface area contributed by atoms with Crippen LogP contribution in [0.1, 0.15) is 44.0 Å². The summed E-state index contributed by atoms with van der Waals surface area (Å²) in [7, 11) is 0. The maximum absolute atomic E-state index is 4.60. The highest BCUT2D eigenvalue weighted by molar-refractivity contribution is 5.42. The summed E-state index contributed by atoms with van der Waals surface area (Å²) >= 11 is 0. The van der Waals surface area contributed by atoms with Gasteiger partial charge in [0.2, 0.25) is 0 Å². The third kappa shape index (κ3) is 2.52. The van der Waals surface area contributed by atoms with Crippen molar-refractivity contribution in [3.63, 3.8) is 0 Å². The van der Waals surface area contributed by atoms with Crippen molar-refractivity contribution in [1.29, 1.82) is 0 Å². The van der Waals surface area contributed by atoms with Crippen molar-refractivity contribution >= 4 is 5.65 Å². The molecule has 0 spiro atoms. The molecule has 1 saturated carbocycles. The third-order valence-electron chi connectivity index (χ3n) is 4.36. The van der Waals surface area contributed by atoms with Gasteiger partial charge in [-0.3, -0.25) is 0 Å². The van der Waals surface area contributed by atoms with Crippen molar-refractivity contribution in [3.8, 4) is 0 Å². The summed E-state index contributed by atoms with van der Waals surface area (Å²) in [6.07, 6.45) is 7.58. The van der Waals surface area contributed by atoms with Crippen LogP contribution in [-0.4, -0.2) is 15.9 Å². The number of hydrogen-bond acceptors (Lipinski definition) is 2. The summed E-state index contributed by atoms with van der Waals surface area (Å²) in [6.45, 7) is 6.46. The Morgan fingerprint density at radius 2 is 2.21 bits per heavy atom. The monoisotopic (exact) mass is 257 g/mol. The van der Waals surface area contributed by atoms with Crippen molar-refractivity contribution < 1.29 is 0 Å². The van der Waals surface area contributed by atoms with Crippen molar-refractivity contribution in [1.82, 2.24) is 14.7 Å². The molecule has 0 unspecified atom stereocenters. The minimum absolute atomic E-state index is 0.614. The van der Waals surface area contributed by atoms with Gasteiger partial charge >= 0.3 is 0 Å². The van der Waals surface area contributed by atoms with E-state index in [-0.39, 0.29) is 0 Å². The SMILES string of the molecule is CCCC1(CNCc2c(C)nc3ccccn23)CC1. The molecule has 2 aromatic rings. The summed E-state index contributed by atoms with van der Waals surface area (Å²) in [5, 5.41) is 3.65. The molecule has 2 heterocycles. The van der Waals surface area contributed by atoms with Crippen LogP contribution in [0.3, 0.4) is 0 Å². The standard InChI is InChI=1S/C16H23N3/c1-3-7-16(8-9-16)12-17-11-14-13(2)18-15-6-4-5-10-19(14)15/h4-6,10,17H,3,7-9,11-12H2,1-2H3. The highest BCUT2D eigenvalue weighted by Gasteiger charge is 2.40. The van der Waals surface area contributed by atoms with E-state index >= 15 is 0 Å². The molecule has 0 aromatic carbocycles. The van der Waals surface area contributed by atoms with Crippen LogP contribution in [0.25, 0.3) is 5.65 Å². The zero-order valence-electron chi connectivity index (χ0n) is 11.9. The number of imidazole rings is 1. The summed E-state index contributed by atoms with van der Waals surface area (Å²) < 4.78 is 2.20. The van der Waals surface area contributed by atoms with Crippen LogP contribution in [0.2, 0.25) is 0 Å². The van der Waals surface area contributed by atoms with E-state index < -0.39 is 0 Å². The molecule has 3 nitrogen and oxygen atoms in total. The zero-order valence-corrected chi connectivity index (χ0v) is 11.9. The topological polar surface area (TPSA) is 29.3 Å². The second kappa shape index (κ2) is 4.97. The van der Waals surface area contributed by atoms with Gasteiger partial charge in [0.05, 0.1) is 11.4 Å². The molecule has 3 heteroatoms. The Morgan fingerprint density at radius 3 is 2.95 bits per heavy atom. The van der Waals surface area contributed by atoms with Gasteiger partial charge in [-0.2, -0.15) is 0 Å². The largest absolute Gasteiger partial charge is 0.311 e. The van der Waals surface area contributed by atoms with Gasteiger partial charge in [0.25, 0.3) is 0 Å². The highest BCUT2D eigenvalue weighted by atomic mass is 15.0. The Labute approximate surface area is 115 Å². The molecule has 1 aliphatic carbocycles. The fraction of sp³-hybridized carbons (Fsp3) is 0.562. The van der Waals surface area contributed by atoms with Crippen molar-refractivity contribution in [2.75, 3.05) is 6.54 Å². The van der Waals surface area contributed by atoms with E-state index in [0.29, 0.717) is 5.41 Å². The average Bonchev–Trinajstić information content (AvgIpc) is 3.08. The first-order valence-corrected chi connectivity index (χ1v) is 7.37. The van der Waals surface area contributed by atoms with E-state index in [4.69, 9.17) is 0 Å². The lowest BCUT2D eigenvalue weighted by molar-refractivity contribution is 0.419. The third-order valence-corrected chi connectivity index (χ3v) is 4.36. The predicted molar refractivity (Wildman–Crippen MR) is 78.2 cm³/mol. The second-order valence-electron chi connectivity index (χ2n) is 5.93. The number of pyridine rings is 1. The zero-order chi connectivity index (χ0) is 13.3. The first kappa shape index (κ1) is 12.7. The number of aryl methyl sites for hydroxylation is 1. The van der Waals surface area contributed by atoms with Crippen molar-refractivity contribution in [2.45, 2.75) is 46.1 Å². The average molecular weight is 257 g/mol. The van der Waals surface area contributed by atoms with Crippen LogP contribution in [0, 0.1) is 12.3 Å². The van der Waals surface area contributed by atoms with Gasteiger partial charge in [-0.05, 0) is 43.7 Å². The molecule has 2 aromatic heterocycles. The molecule has 3 rings (SSSR count). The summed E-state index contributed by atoms with van der Waals surface area (Å²) in [5.41, 5.74) is 4.09. The number of nitrogens with one attached hydrogen (secondary N) is 1. The predicted octanol–water partition coefficient (Wildman–Crippen LogP) is 3.31. The lowest BCUT2D eigenvalue weighted by Crippen LogP contribution is -2.24. The summed E-state index contributed by atoms with van der Waals surface area (Å²) in [4.78, 5) is 4.60. The van der Waals surface area contributed by atoms with Gasteiger partial charge < -0.3 is 9.72 Å². The van der Waals surface area contributed by atoms with E-state index in [9.17, 15) is 0 Å². The van der Waals surface area contributed by atoms with Crippen LogP contribution >= 0.6 is 0 Å². The Morgan fingerprint density at radius 1 is 1.37 bits per heavy atom. The quantitative estimate of drug-likeness (QED) is 0.860. The molecule has 0 radical (unpaired) electrons. The van der Waals surface area contributed by atoms with Crippen molar-refractivity contribution in [3.05, 3.63) is 35.8 Å². The minimum atomic E-state index is 0.614. The molecule has 0 aliphatic heterocycles. The van der Waals surface area contributed by atoms with E-state index in [1.807, 2.05) is 6.07 Å². The Bertz CT molecular complexity index is 566. The van der Waals surface area contributed by atoms with Crippen LogP contribution in [0.15, 0.2) is 24.4 Å². The fourth-order valence-electron chi connectivity index (χ4n) is 3.05. The smallest absolute Gasteiger partial charge is 0.137 e. The first-order chi connectivity index (χ1) is 9.24. The van der Waals surface area contributed by atoms with E-state index in [1.165, 1.54) is 31.4 Å². The maximum atomic E-state index is 4.60. The Balaban J connectivity index is 1.67. The van der Waals surface area contributed by atoms with Crippen molar-refractivity contribution in [2.24, 2.45) is 5.41 Å². The van der Waals surface area contributed by atoms with E-state index in [2.05, 4.69) is 46.9 Å². The maximum Gasteiger partial charge on any atom is 0.137 e. The minimum Gasteiger partial charge on any atom is -0.311 e. The Kier molecular flexibility index (Phi) is 3.31.